The Bertz CT molecular complexity index is 859. The van der Waals surface area contributed by atoms with Crippen LogP contribution in [0.15, 0.2) is 54.1 Å². The number of nitrogens with two attached hydrogens (primary N) is 1. The van der Waals surface area contributed by atoms with Gasteiger partial charge < -0.3 is 11.1 Å². The zero-order valence-electron chi connectivity index (χ0n) is 14.1. The van der Waals surface area contributed by atoms with Gasteiger partial charge >= 0.3 is 0 Å². The molecule has 0 aliphatic carbocycles. The van der Waals surface area contributed by atoms with Gasteiger partial charge in [-0.2, -0.15) is 5.26 Å². The van der Waals surface area contributed by atoms with Crippen LogP contribution in [0.1, 0.15) is 41.3 Å². The molecular formula is C20H19N3O2. The smallest absolute Gasteiger partial charge is 0.266 e. The maximum Gasteiger partial charge on any atom is 0.266 e. The topological polar surface area (TPSA) is 96.0 Å². The van der Waals surface area contributed by atoms with Crippen molar-refractivity contribution in [2.75, 3.05) is 5.32 Å². The Morgan fingerprint density at radius 3 is 2.32 bits per heavy atom. The average molecular weight is 333 g/mol. The molecule has 2 amide bonds. The first-order chi connectivity index (χ1) is 11.9. The van der Waals surface area contributed by atoms with E-state index < -0.39 is 11.8 Å². The van der Waals surface area contributed by atoms with Crippen molar-refractivity contribution in [3.63, 3.8) is 0 Å². The van der Waals surface area contributed by atoms with Crippen molar-refractivity contribution in [2.45, 2.75) is 19.8 Å². The fraction of sp³-hybridized carbons (Fsp3) is 0.150. The van der Waals surface area contributed by atoms with Crippen molar-refractivity contribution in [1.29, 1.82) is 5.26 Å². The summed E-state index contributed by atoms with van der Waals surface area (Å²) in [5, 5.41) is 11.8. The first kappa shape index (κ1) is 18.0. The third kappa shape index (κ3) is 4.55. The van der Waals surface area contributed by atoms with E-state index in [1.54, 1.807) is 18.2 Å². The fourth-order valence-electron chi connectivity index (χ4n) is 2.29. The van der Waals surface area contributed by atoms with Crippen LogP contribution in [0, 0.1) is 11.3 Å². The van der Waals surface area contributed by atoms with Gasteiger partial charge in [0.25, 0.3) is 11.8 Å². The predicted octanol–water partition coefficient (Wildman–Crippen LogP) is 3.45. The number of hydrogen-bond acceptors (Lipinski definition) is 3. The molecule has 0 aliphatic heterocycles. The van der Waals surface area contributed by atoms with Crippen LogP contribution >= 0.6 is 0 Å². The highest BCUT2D eigenvalue weighted by molar-refractivity contribution is 6.12. The molecule has 2 rings (SSSR count). The standard InChI is InChI=1S/C20H19N3O2/c1-13(2)15-9-7-14(8-10-15)11-16(12-21)20(25)23-18-6-4-3-5-17(18)19(22)24/h3-11,13H,1-2H3,(H2,22,24)(H,23,25)/b16-11-. The van der Waals surface area contributed by atoms with Gasteiger partial charge in [0.15, 0.2) is 0 Å². The molecule has 3 N–H and O–H groups in total. The number of nitrogens with one attached hydrogen (secondary N) is 1. The van der Waals surface area contributed by atoms with Crippen LogP contribution in [0.5, 0.6) is 0 Å². The number of carbonyl (C=O) groups excluding carboxylic acids is 2. The first-order valence-electron chi connectivity index (χ1n) is 7.84. The van der Waals surface area contributed by atoms with Crippen molar-refractivity contribution < 1.29 is 9.59 Å². The number of benzene rings is 2. The maximum absolute atomic E-state index is 12.3. The number of anilines is 1. The fourth-order valence-corrected chi connectivity index (χ4v) is 2.29. The summed E-state index contributed by atoms with van der Waals surface area (Å²) in [6.45, 7) is 4.18. The van der Waals surface area contributed by atoms with Gasteiger partial charge in [0.1, 0.15) is 11.6 Å². The number of hydrogen-bond donors (Lipinski definition) is 2. The molecule has 0 bridgehead atoms. The summed E-state index contributed by atoms with van der Waals surface area (Å²) < 4.78 is 0. The molecule has 0 atom stereocenters. The van der Waals surface area contributed by atoms with Gasteiger partial charge in [0.05, 0.1) is 11.3 Å². The van der Waals surface area contributed by atoms with E-state index in [1.807, 2.05) is 30.3 Å². The Hall–Kier alpha value is -3.39. The van der Waals surface area contributed by atoms with Gasteiger partial charge in [-0.1, -0.05) is 50.2 Å². The van der Waals surface area contributed by atoms with Crippen molar-refractivity contribution >= 4 is 23.6 Å². The summed E-state index contributed by atoms with van der Waals surface area (Å²) in [5.41, 5.74) is 7.62. The van der Waals surface area contributed by atoms with Crippen molar-refractivity contribution in [3.8, 4) is 6.07 Å². The lowest BCUT2D eigenvalue weighted by Crippen LogP contribution is -2.19. The summed E-state index contributed by atoms with van der Waals surface area (Å²) in [6.07, 6.45) is 1.51. The van der Waals surface area contributed by atoms with E-state index in [9.17, 15) is 14.9 Å². The summed E-state index contributed by atoms with van der Waals surface area (Å²) in [4.78, 5) is 23.8. The van der Waals surface area contributed by atoms with E-state index in [2.05, 4.69) is 19.2 Å². The second-order valence-corrected chi connectivity index (χ2v) is 5.86. The highest BCUT2D eigenvalue weighted by Crippen LogP contribution is 2.18. The molecule has 0 fully saturated rings. The molecule has 25 heavy (non-hydrogen) atoms. The zero-order chi connectivity index (χ0) is 18.4. The van der Waals surface area contributed by atoms with Crippen LogP contribution in [0.25, 0.3) is 6.08 Å². The normalized spacial score (nSPS) is 11.0. The van der Waals surface area contributed by atoms with Gasteiger partial charge in [-0.25, -0.2) is 0 Å². The molecule has 126 valence electrons. The van der Waals surface area contributed by atoms with E-state index in [-0.39, 0.29) is 16.8 Å². The monoisotopic (exact) mass is 333 g/mol. The molecule has 0 unspecified atom stereocenters. The van der Waals surface area contributed by atoms with E-state index in [1.165, 1.54) is 17.7 Å². The van der Waals surface area contributed by atoms with Gasteiger partial charge in [0, 0.05) is 0 Å². The molecule has 0 spiro atoms. The number of para-hydroxylation sites is 1. The van der Waals surface area contributed by atoms with Crippen LogP contribution in [0.3, 0.4) is 0 Å². The van der Waals surface area contributed by atoms with Crippen molar-refractivity contribution in [2.24, 2.45) is 5.73 Å². The molecule has 0 aromatic heterocycles. The lowest BCUT2D eigenvalue weighted by Gasteiger charge is -2.08. The summed E-state index contributed by atoms with van der Waals surface area (Å²) in [5.74, 6) is -0.839. The van der Waals surface area contributed by atoms with Gasteiger partial charge in [-0.3, -0.25) is 9.59 Å². The van der Waals surface area contributed by atoms with Crippen LogP contribution < -0.4 is 11.1 Å². The second kappa shape index (κ2) is 7.93. The Labute approximate surface area is 146 Å². The van der Waals surface area contributed by atoms with Crippen molar-refractivity contribution in [3.05, 3.63) is 70.8 Å². The summed E-state index contributed by atoms with van der Waals surface area (Å²) in [6, 6.07) is 15.9. The zero-order valence-corrected chi connectivity index (χ0v) is 14.1. The lowest BCUT2D eigenvalue weighted by molar-refractivity contribution is -0.112. The molecule has 5 nitrogen and oxygen atoms in total. The van der Waals surface area contributed by atoms with Crippen LogP contribution in [-0.2, 0) is 4.79 Å². The van der Waals surface area contributed by atoms with E-state index >= 15 is 0 Å². The van der Waals surface area contributed by atoms with Gasteiger partial charge in [0.2, 0.25) is 0 Å². The number of nitriles is 1. The number of primary amides is 1. The van der Waals surface area contributed by atoms with Crippen LogP contribution in [0.4, 0.5) is 5.69 Å². The van der Waals surface area contributed by atoms with Crippen LogP contribution in [0.2, 0.25) is 0 Å². The van der Waals surface area contributed by atoms with E-state index in [0.717, 1.165) is 5.56 Å². The molecule has 0 saturated carbocycles. The predicted molar refractivity (Wildman–Crippen MR) is 97.7 cm³/mol. The Balaban J connectivity index is 2.24. The molecule has 0 saturated heterocycles. The molecule has 0 aliphatic rings. The Kier molecular flexibility index (Phi) is 5.70. The third-order valence-electron chi connectivity index (χ3n) is 3.72. The molecule has 0 heterocycles. The molecule has 2 aromatic carbocycles. The Morgan fingerprint density at radius 2 is 1.76 bits per heavy atom. The van der Waals surface area contributed by atoms with E-state index in [4.69, 9.17) is 5.73 Å². The number of amides is 2. The number of nitrogens with zero attached hydrogens (tertiary/aromatic N) is 1. The van der Waals surface area contributed by atoms with E-state index in [0.29, 0.717) is 5.92 Å². The minimum absolute atomic E-state index is 0.0587. The maximum atomic E-state index is 12.3. The number of rotatable bonds is 5. The first-order valence-corrected chi connectivity index (χ1v) is 7.84. The summed E-state index contributed by atoms with van der Waals surface area (Å²) >= 11 is 0. The molecule has 5 heteroatoms. The molecule has 0 radical (unpaired) electrons. The highest BCUT2D eigenvalue weighted by Gasteiger charge is 2.14. The average Bonchev–Trinajstić information content (AvgIpc) is 2.60. The third-order valence-corrected chi connectivity index (χ3v) is 3.72. The largest absolute Gasteiger partial charge is 0.366 e. The van der Waals surface area contributed by atoms with Gasteiger partial charge in [-0.15, -0.1) is 0 Å². The van der Waals surface area contributed by atoms with Crippen LogP contribution in [-0.4, -0.2) is 11.8 Å². The minimum atomic E-state index is -0.650. The number of carbonyl (C=O) groups is 2. The molecular weight excluding hydrogens is 314 g/mol. The Morgan fingerprint density at radius 1 is 1.12 bits per heavy atom. The lowest BCUT2D eigenvalue weighted by atomic mass is 10.0. The highest BCUT2D eigenvalue weighted by atomic mass is 16.2. The quantitative estimate of drug-likeness (QED) is 0.648. The SMILES string of the molecule is CC(C)c1ccc(/C=C(/C#N)C(=O)Nc2ccccc2C(N)=O)cc1. The second-order valence-electron chi connectivity index (χ2n) is 5.86. The minimum Gasteiger partial charge on any atom is -0.366 e. The molecule has 2 aromatic rings. The van der Waals surface area contributed by atoms with Gasteiger partial charge in [-0.05, 0) is 35.3 Å². The van der Waals surface area contributed by atoms with Crippen molar-refractivity contribution in [1.82, 2.24) is 0 Å². The summed E-state index contributed by atoms with van der Waals surface area (Å²) in [7, 11) is 0.